The van der Waals surface area contributed by atoms with Crippen LogP contribution >= 0.6 is 0 Å². The van der Waals surface area contributed by atoms with E-state index in [-0.39, 0.29) is 17.8 Å². The van der Waals surface area contributed by atoms with Crippen LogP contribution in [0.1, 0.15) is 27.2 Å². The van der Waals surface area contributed by atoms with Crippen molar-refractivity contribution in [2.24, 2.45) is 11.8 Å². The summed E-state index contributed by atoms with van der Waals surface area (Å²) in [5.74, 6) is 1.09. The molecule has 1 atom stereocenters. The molecule has 0 radical (unpaired) electrons. The van der Waals surface area contributed by atoms with Crippen LogP contribution in [0, 0.1) is 11.8 Å². The van der Waals surface area contributed by atoms with Crippen LogP contribution in [0.25, 0.3) is 0 Å². The number of esters is 1. The zero-order valence-electron chi connectivity index (χ0n) is 10.9. The predicted octanol–water partition coefficient (Wildman–Crippen LogP) is 3.28. The summed E-state index contributed by atoms with van der Waals surface area (Å²) < 4.78 is 10.5. The number of ether oxygens (including phenoxy) is 2. The average Bonchev–Trinajstić information content (AvgIpc) is 2.30. The molecule has 17 heavy (non-hydrogen) atoms. The smallest absolute Gasteiger partial charge is 0.314 e. The molecule has 0 aliphatic heterocycles. The first-order valence-electron chi connectivity index (χ1n) is 5.94. The lowest BCUT2D eigenvalue weighted by Gasteiger charge is -2.18. The largest absolute Gasteiger partial charge is 0.493 e. The maximum atomic E-state index is 12.0. The lowest BCUT2D eigenvalue weighted by atomic mass is 9.93. The molecule has 0 heterocycles. The van der Waals surface area contributed by atoms with Gasteiger partial charge in [-0.25, -0.2) is 0 Å². The molecule has 0 saturated heterocycles. The van der Waals surface area contributed by atoms with Gasteiger partial charge >= 0.3 is 5.97 Å². The Balaban J connectivity index is 2.80. The molecule has 1 aromatic carbocycles. The summed E-state index contributed by atoms with van der Waals surface area (Å²) in [5.41, 5.74) is 0. The third-order valence-electron chi connectivity index (χ3n) is 2.83. The highest BCUT2D eigenvalue weighted by Crippen LogP contribution is 2.28. The van der Waals surface area contributed by atoms with Crippen LogP contribution < -0.4 is 9.47 Å². The lowest BCUT2D eigenvalue weighted by molar-refractivity contribution is -0.140. The van der Waals surface area contributed by atoms with Gasteiger partial charge in [-0.1, -0.05) is 32.9 Å². The average molecular weight is 236 g/mol. The van der Waals surface area contributed by atoms with Gasteiger partial charge in [0.2, 0.25) is 0 Å². The molecule has 0 saturated carbocycles. The van der Waals surface area contributed by atoms with Crippen LogP contribution in [0.2, 0.25) is 0 Å². The van der Waals surface area contributed by atoms with E-state index in [4.69, 9.17) is 9.47 Å². The van der Waals surface area contributed by atoms with Gasteiger partial charge in [-0.3, -0.25) is 4.79 Å². The standard InChI is InChI=1S/C14H20O3/c1-5-11(10(2)3)14(15)17-13-9-7-6-8-12(13)16-4/h6-11H,5H2,1-4H3. The quantitative estimate of drug-likeness (QED) is 0.581. The first kappa shape index (κ1) is 13.6. The van der Waals surface area contributed by atoms with Gasteiger partial charge in [0.15, 0.2) is 11.5 Å². The maximum absolute atomic E-state index is 12.0. The van der Waals surface area contributed by atoms with E-state index >= 15 is 0 Å². The van der Waals surface area contributed by atoms with Crippen molar-refractivity contribution in [2.45, 2.75) is 27.2 Å². The number of hydrogen-bond acceptors (Lipinski definition) is 3. The monoisotopic (exact) mass is 236 g/mol. The van der Waals surface area contributed by atoms with Gasteiger partial charge in [0.05, 0.1) is 13.0 Å². The highest BCUT2D eigenvalue weighted by Gasteiger charge is 2.23. The summed E-state index contributed by atoms with van der Waals surface area (Å²) >= 11 is 0. The van der Waals surface area contributed by atoms with Crippen molar-refractivity contribution in [3.8, 4) is 11.5 Å². The Labute approximate surface area is 103 Å². The molecule has 0 aliphatic rings. The van der Waals surface area contributed by atoms with E-state index < -0.39 is 0 Å². The molecule has 0 N–H and O–H groups in total. The minimum Gasteiger partial charge on any atom is -0.493 e. The first-order chi connectivity index (χ1) is 8.10. The fourth-order valence-corrected chi connectivity index (χ4v) is 1.80. The summed E-state index contributed by atoms with van der Waals surface area (Å²) in [6.45, 7) is 6.05. The third-order valence-corrected chi connectivity index (χ3v) is 2.83. The molecule has 3 nitrogen and oxygen atoms in total. The lowest BCUT2D eigenvalue weighted by Crippen LogP contribution is -2.24. The van der Waals surface area contributed by atoms with Crippen molar-refractivity contribution in [1.29, 1.82) is 0 Å². The Hall–Kier alpha value is -1.51. The third kappa shape index (κ3) is 3.48. The second-order valence-corrected chi connectivity index (χ2v) is 4.33. The minimum absolute atomic E-state index is 0.0695. The van der Waals surface area contributed by atoms with E-state index in [0.29, 0.717) is 11.5 Å². The van der Waals surface area contributed by atoms with Crippen molar-refractivity contribution in [1.82, 2.24) is 0 Å². The molecule has 94 valence electrons. The topological polar surface area (TPSA) is 35.5 Å². The molecule has 3 heteroatoms. The fraction of sp³-hybridized carbons (Fsp3) is 0.500. The molecule has 1 rings (SSSR count). The second-order valence-electron chi connectivity index (χ2n) is 4.33. The molecule has 0 amide bonds. The van der Waals surface area contributed by atoms with Gasteiger partial charge in [0.25, 0.3) is 0 Å². The number of methoxy groups -OCH3 is 1. The Morgan fingerprint density at radius 2 is 1.82 bits per heavy atom. The van der Waals surface area contributed by atoms with E-state index in [1.54, 1.807) is 19.2 Å². The van der Waals surface area contributed by atoms with Crippen molar-refractivity contribution in [2.75, 3.05) is 7.11 Å². The number of carbonyl (C=O) groups excluding carboxylic acids is 1. The molecular formula is C14H20O3. The summed E-state index contributed by atoms with van der Waals surface area (Å²) in [6, 6.07) is 7.18. The van der Waals surface area contributed by atoms with E-state index in [1.807, 2.05) is 32.9 Å². The molecule has 0 aliphatic carbocycles. The van der Waals surface area contributed by atoms with E-state index in [9.17, 15) is 4.79 Å². The Kier molecular flexibility index (Phi) is 5.01. The second kappa shape index (κ2) is 6.28. The highest BCUT2D eigenvalue weighted by molar-refractivity contribution is 5.76. The predicted molar refractivity (Wildman–Crippen MR) is 67.2 cm³/mol. The van der Waals surface area contributed by atoms with Crippen LogP contribution in [-0.2, 0) is 4.79 Å². The van der Waals surface area contributed by atoms with Crippen molar-refractivity contribution in [3.63, 3.8) is 0 Å². The Bertz CT molecular complexity index is 371. The number of rotatable bonds is 5. The SMILES string of the molecule is CCC(C(=O)Oc1ccccc1OC)C(C)C. The van der Waals surface area contributed by atoms with Gasteiger partial charge in [-0.15, -0.1) is 0 Å². The first-order valence-corrected chi connectivity index (χ1v) is 5.94. The molecule has 0 bridgehead atoms. The molecule has 0 aromatic heterocycles. The molecule has 1 aromatic rings. The van der Waals surface area contributed by atoms with Gasteiger partial charge in [0.1, 0.15) is 0 Å². The summed E-state index contributed by atoms with van der Waals surface area (Å²) in [6.07, 6.45) is 0.783. The van der Waals surface area contributed by atoms with Crippen LogP contribution in [-0.4, -0.2) is 13.1 Å². The minimum atomic E-state index is -0.188. The zero-order chi connectivity index (χ0) is 12.8. The van der Waals surface area contributed by atoms with E-state index in [0.717, 1.165) is 6.42 Å². The van der Waals surface area contributed by atoms with Crippen LogP contribution in [0.15, 0.2) is 24.3 Å². The normalized spacial score (nSPS) is 12.3. The number of benzene rings is 1. The summed E-state index contributed by atoms with van der Waals surface area (Å²) in [5, 5.41) is 0. The van der Waals surface area contributed by atoms with Crippen LogP contribution in [0.3, 0.4) is 0 Å². The van der Waals surface area contributed by atoms with E-state index in [2.05, 4.69) is 0 Å². The van der Waals surface area contributed by atoms with E-state index in [1.165, 1.54) is 0 Å². The van der Waals surface area contributed by atoms with Crippen molar-refractivity contribution >= 4 is 5.97 Å². The number of para-hydroxylation sites is 2. The highest BCUT2D eigenvalue weighted by atomic mass is 16.6. The van der Waals surface area contributed by atoms with Crippen molar-refractivity contribution < 1.29 is 14.3 Å². The molecular weight excluding hydrogens is 216 g/mol. The fourth-order valence-electron chi connectivity index (χ4n) is 1.80. The summed E-state index contributed by atoms with van der Waals surface area (Å²) in [4.78, 5) is 12.0. The molecule has 1 unspecified atom stereocenters. The summed E-state index contributed by atoms with van der Waals surface area (Å²) in [7, 11) is 1.56. The molecule has 0 spiro atoms. The number of hydrogen-bond donors (Lipinski definition) is 0. The molecule has 0 fully saturated rings. The Morgan fingerprint density at radius 1 is 1.24 bits per heavy atom. The van der Waals surface area contributed by atoms with Gasteiger partial charge in [-0.2, -0.15) is 0 Å². The maximum Gasteiger partial charge on any atom is 0.314 e. The number of carbonyl (C=O) groups is 1. The van der Waals surface area contributed by atoms with Crippen LogP contribution in [0.4, 0.5) is 0 Å². The zero-order valence-corrected chi connectivity index (χ0v) is 10.9. The van der Waals surface area contributed by atoms with Gasteiger partial charge in [-0.05, 0) is 24.5 Å². The van der Waals surface area contributed by atoms with Crippen LogP contribution in [0.5, 0.6) is 11.5 Å². The van der Waals surface area contributed by atoms with Gasteiger partial charge in [0, 0.05) is 0 Å². The Morgan fingerprint density at radius 3 is 2.29 bits per heavy atom. The van der Waals surface area contributed by atoms with Gasteiger partial charge < -0.3 is 9.47 Å². The van der Waals surface area contributed by atoms with Crippen molar-refractivity contribution in [3.05, 3.63) is 24.3 Å².